The first-order valence-corrected chi connectivity index (χ1v) is 7.05. The standard InChI is InChI=1S/C15H24N2O2/c1-4-6-12(3)16-15(19)11-17-9-8-13(10-17)14(18)7-5-2/h8-10,12H,4-7,11H2,1-3H3,(H,16,19). The SMILES string of the molecule is CCCC(=O)c1ccn(CC(=O)NC(C)CCC)c1. The number of amides is 1. The minimum Gasteiger partial charge on any atom is -0.352 e. The molecule has 0 bridgehead atoms. The van der Waals surface area contributed by atoms with Gasteiger partial charge in [0.25, 0.3) is 0 Å². The summed E-state index contributed by atoms with van der Waals surface area (Å²) in [5.41, 5.74) is 0.691. The van der Waals surface area contributed by atoms with Crippen molar-refractivity contribution in [3.8, 4) is 0 Å². The lowest BCUT2D eigenvalue weighted by atomic mass is 10.1. The number of aromatic nitrogens is 1. The summed E-state index contributed by atoms with van der Waals surface area (Å²) in [6, 6.07) is 1.98. The highest BCUT2D eigenvalue weighted by atomic mass is 16.2. The molecule has 0 radical (unpaired) electrons. The Balaban J connectivity index is 2.49. The van der Waals surface area contributed by atoms with Crippen LogP contribution in [0, 0.1) is 0 Å². The summed E-state index contributed by atoms with van der Waals surface area (Å²) in [6.07, 6.45) is 6.98. The van der Waals surface area contributed by atoms with Gasteiger partial charge in [0, 0.05) is 30.4 Å². The van der Waals surface area contributed by atoms with Crippen LogP contribution >= 0.6 is 0 Å². The van der Waals surface area contributed by atoms with Gasteiger partial charge in [0.2, 0.25) is 5.91 Å². The first-order valence-electron chi connectivity index (χ1n) is 7.05. The molecule has 4 heteroatoms. The Morgan fingerprint density at radius 2 is 2.05 bits per heavy atom. The number of ketones is 1. The highest BCUT2D eigenvalue weighted by Gasteiger charge is 2.10. The normalized spacial score (nSPS) is 12.2. The second kappa shape index (κ2) is 7.77. The molecule has 1 heterocycles. The zero-order valence-electron chi connectivity index (χ0n) is 12.1. The molecule has 4 nitrogen and oxygen atoms in total. The summed E-state index contributed by atoms with van der Waals surface area (Å²) in [7, 11) is 0. The zero-order valence-corrected chi connectivity index (χ0v) is 12.1. The van der Waals surface area contributed by atoms with E-state index in [9.17, 15) is 9.59 Å². The van der Waals surface area contributed by atoms with Gasteiger partial charge in [0.05, 0.1) is 0 Å². The van der Waals surface area contributed by atoms with Crippen molar-refractivity contribution in [3.63, 3.8) is 0 Å². The van der Waals surface area contributed by atoms with Crippen molar-refractivity contribution in [3.05, 3.63) is 24.0 Å². The molecule has 1 rings (SSSR count). The van der Waals surface area contributed by atoms with Gasteiger partial charge in [-0.05, 0) is 25.8 Å². The lowest BCUT2D eigenvalue weighted by Crippen LogP contribution is -2.34. The van der Waals surface area contributed by atoms with Crippen LogP contribution in [0.5, 0.6) is 0 Å². The third-order valence-electron chi connectivity index (χ3n) is 3.00. The van der Waals surface area contributed by atoms with E-state index in [1.165, 1.54) is 0 Å². The molecule has 0 saturated carbocycles. The summed E-state index contributed by atoms with van der Waals surface area (Å²) >= 11 is 0. The summed E-state index contributed by atoms with van der Waals surface area (Å²) in [6.45, 7) is 6.36. The Labute approximate surface area is 115 Å². The molecule has 0 aliphatic rings. The highest BCUT2D eigenvalue weighted by molar-refractivity contribution is 5.95. The maximum absolute atomic E-state index is 11.8. The molecular formula is C15H24N2O2. The number of rotatable bonds is 8. The summed E-state index contributed by atoms with van der Waals surface area (Å²) in [5, 5.41) is 2.95. The third kappa shape index (κ3) is 5.28. The maximum atomic E-state index is 11.8. The number of hydrogen-bond donors (Lipinski definition) is 1. The Bertz CT molecular complexity index is 424. The summed E-state index contributed by atoms with van der Waals surface area (Å²) in [4.78, 5) is 23.5. The van der Waals surface area contributed by atoms with E-state index in [1.54, 1.807) is 23.0 Å². The van der Waals surface area contributed by atoms with Crippen LogP contribution in [0.2, 0.25) is 0 Å². The average Bonchev–Trinajstić information content (AvgIpc) is 2.77. The number of nitrogens with one attached hydrogen (secondary N) is 1. The highest BCUT2D eigenvalue weighted by Crippen LogP contribution is 2.06. The van der Waals surface area contributed by atoms with Crippen molar-refractivity contribution < 1.29 is 9.59 Å². The summed E-state index contributed by atoms with van der Waals surface area (Å²) in [5.74, 6) is 0.132. The molecule has 1 aromatic rings. The van der Waals surface area contributed by atoms with Gasteiger partial charge in [-0.3, -0.25) is 9.59 Å². The lowest BCUT2D eigenvalue weighted by molar-refractivity contribution is -0.122. The number of hydrogen-bond acceptors (Lipinski definition) is 2. The van der Waals surface area contributed by atoms with Crippen molar-refractivity contribution in [2.24, 2.45) is 0 Å². The van der Waals surface area contributed by atoms with E-state index in [0.717, 1.165) is 19.3 Å². The van der Waals surface area contributed by atoms with Gasteiger partial charge in [-0.25, -0.2) is 0 Å². The third-order valence-corrected chi connectivity index (χ3v) is 3.00. The molecule has 1 amide bonds. The number of nitrogens with zero attached hydrogens (tertiary/aromatic N) is 1. The molecule has 0 aliphatic heterocycles. The molecule has 106 valence electrons. The van der Waals surface area contributed by atoms with Gasteiger partial charge in [-0.2, -0.15) is 0 Å². The Hall–Kier alpha value is -1.58. The van der Waals surface area contributed by atoms with Crippen LogP contribution < -0.4 is 5.32 Å². The molecular weight excluding hydrogens is 240 g/mol. The molecule has 0 saturated heterocycles. The predicted molar refractivity (Wildman–Crippen MR) is 76.2 cm³/mol. The van der Waals surface area contributed by atoms with Crippen LogP contribution in [-0.2, 0) is 11.3 Å². The molecule has 0 spiro atoms. The second-order valence-electron chi connectivity index (χ2n) is 5.00. The second-order valence-corrected chi connectivity index (χ2v) is 5.00. The Morgan fingerprint density at radius 1 is 1.32 bits per heavy atom. The smallest absolute Gasteiger partial charge is 0.240 e. The molecule has 1 N–H and O–H groups in total. The topological polar surface area (TPSA) is 51.1 Å². The molecule has 1 unspecified atom stereocenters. The predicted octanol–water partition coefficient (Wildman–Crippen LogP) is 2.78. The first kappa shape index (κ1) is 15.5. The quantitative estimate of drug-likeness (QED) is 0.734. The van der Waals surface area contributed by atoms with Gasteiger partial charge in [-0.1, -0.05) is 20.3 Å². The molecule has 1 atom stereocenters. The van der Waals surface area contributed by atoms with Crippen molar-refractivity contribution in [2.75, 3.05) is 0 Å². The molecule has 19 heavy (non-hydrogen) atoms. The van der Waals surface area contributed by atoms with E-state index in [4.69, 9.17) is 0 Å². The molecule has 1 aromatic heterocycles. The van der Waals surface area contributed by atoms with E-state index in [1.807, 2.05) is 13.8 Å². The van der Waals surface area contributed by atoms with Crippen molar-refractivity contribution in [1.29, 1.82) is 0 Å². The fourth-order valence-electron chi connectivity index (χ4n) is 2.07. The van der Waals surface area contributed by atoms with Crippen LogP contribution in [-0.4, -0.2) is 22.3 Å². The van der Waals surface area contributed by atoms with Crippen LogP contribution in [0.25, 0.3) is 0 Å². The fourth-order valence-corrected chi connectivity index (χ4v) is 2.07. The van der Waals surface area contributed by atoms with E-state index in [-0.39, 0.29) is 24.3 Å². The number of Topliss-reactive ketones (excluding diaryl/α,β-unsaturated/α-hetero) is 1. The van der Waals surface area contributed by atoms with Crippen molar-refractivity contribution in [2.45, 2.75) is 59.0 Å². The van der Waals surface area contributed by atoms with E-state index in [2.05, 4.69) is 12.2 Å². The van der Waals surface area contributed by atoms with Gasteiger partial charge >= 0.3 is 0 Å². The van der Waals surface area contributed by atoms with Crippen LogP contribution in [0.3, 0.4) is 0 Å². The van der Waals surface area contributed by atoms with Gasteiger partial charge in [-0.15, -0.1) is 0 Å². The van der Waals surface area contributed by atoms with Crippen LogP contribution in [0.4, 0.5) is 0 Å². The van der Waals surface area contributed by atoms with Crippen molar-refractivity contribution in [1.82, 2.24) is 9.88 Å². The van der Waals surface area contributed by atoms with Crippen LogP contribution in [0.1, 0.15) is 56.8 Å². The van der Waals surface area contributed by atoms with E-state index in [0.29, 0.717) is 12.0 Å². The summed E-state index contributed by atoms with van der Waals surface area (Å²) < 4.78 is 1.76. The number of carbonyl (C=O) groups excluding carboxylic acids is 2. The largest absolute Gasteiger partial charge is 0.352 e. The van der Waals surface area contributed by atoms with Gasteiger partial charge < -0.3 is 9.88 Å². The Kier molecular flexibility index (Phi) is 6.33. The number of carbonyl (C=O) groups is 2. The van der Waals surface area contributed by atoms with Gasteiger partial charge in [0.15, 0.2) is 5.78 Å². The van der Waals surface area contributed by atoms with Crippen molar-refractivity contribution >= 4 is 11.7 Å². The molecule has 0 aliphatic carbocycles. The first-order chi connectivity index (χ1) is 9.06. The maximum Gasteiger partial charge on any atom is 0.240 e. The lowest BCUT2D eigenvalue weighted by Gasteiger charge is -2.12. The van der Waals surface area contributed by atoms with Crippen LogP contribution in [0.15, 0.2) is 18.5 Å². The Morgan fingerprint density at radius 3 is 2.68 bits per heavy atom. The minimum absolute atomic E-state index is 0.00830. The van der Waals surface area contributed by atoms with E-state index < -0.39 is 0 Å². The minimum atomic E-state index is -0.00830. The molecule has 0 aromatic carbocycles. The van der Waals surface area contributed by atoms with Gasteiger partial charge in [0.1, 0.15) is 6.54 Å². The monoisotopic (exact) mass is 264 g/mol. The average molecular weight is 264 g/mol. The fraction of sp³-hybridized carbons (Fsp3) is 0.600. The molecule has 0 fully saturated rings. The van der Waals surface area contributed by atoms with E-state index >= 15 is 0 Å². The zero-order chi connectivity index (χ0) is 14.3.